The Morgan fingerprint density at radius 1 is 1.15 bits per heavy atom. The number of likely N-dealkylation sites (N-methyl/N-ethyl adjacent to an activating group) is 1. The zero-order valence-corrected chi connectivity index (χ0v) is 13.2. The molecule has 2 aromatic rings. The summed E-state index contributed by atoms with van der Waals surface area (Å²) < 4.78 is 2.13. The molecule has 0 aliphatic heterocycles. The lowest BCUT2D eigenvalue weighted by Crippen LogP contribution is -2.16. The van der Waals surface area contributed by atoms with Gasteiger partial charge in [0.05, 0.1) is 12.2 Å². The molecule has 0 fully saturated rings. The Kier molecular flexibility index (Phi) is 4.61. The van der Waals surface area contributed by atoms with Crippen molar-refractivity contribution in [3.8, 4) is 0 Å². The van der Waals surface area contributed by atoms with Crippen LogP contribution in [0.1, 0.15) is 40.9 Å². The van der Waals surface area contributed by atoms with E-state index in [9.17, 15) is 0 Å². The molecule has 0 aliphatic carbocycles. The SMILES string of the molecule is CNCC(C)c1c(C)nn(Cc2ccc(C)cc2)c1C. The highest BCUT2D eigenvalue weighted by atomic mass is 15.3. The van der Waals surface area contributed by atoms with Crippen molar-refractivity contribution in [3.05, 3.63) is 52.3 Å². The predicted molar refractivity (Wildman–Crippen MR) is 84.3 cm³/mol. The standard InChI is InChI=1S/C17H25N3/c1-12-6-8-16(9-7-12)11-20-15(4)17(14(3)19-20)13(2)10-18-5/h6-9,13,18H,10-11H2,1-5H3. The molecule has 3 heteroatoms. The van der Waals surface area contributed by atoms with E-state index in [1.807, 2.05) is 7.05 Å². The quantitative estimate of drug-likeness (QED) is 0.905. The van der Waals surface area contributed by atoms with Gasteiger partial charge in [-0.25, -0.2) is 0 Å². The van der Waals surface area contributed by atoms with Crippen LogP contribution in [0.25, 0.3) is 0 Å². The summed E-state index contributed by atoms with van der Waals surface area (Å²) in [5.41, 5.74) is 6.41. The van der Waals surface area contributed by atoms with Crippen molar-refractivity contribution < 1.29 is 0 Å². The summed E-state index contributed by atoms with van der Waals surface area (Å²) in [5, 5.41) is 7.97. The van der Waals surface area contributed by atoms with Gasteiger partial charge in [0, 0.05) is 17.8 Å². The van der Waals surface area contributed by atoms with Crippen LogP contribution in [0.5, 0.6) is 0 Å². The van der Waals surface area contributed by atoms with Crippen molar-refractivity contribution in [3.63, 3.8) is 0 Å². The molecule has 2 rings (SSSR count). The summed E-state index contributed by atoms with van der Waals surface area (Å²) in [4.78, 5) is 0. The molecule has 1 atom stereocenters. The number of rotatable bonds is 5. The third kappa shape index (κ3) is 3.10. The fourth-order valence-corrected chi connectivity index (χ4v) is 2.85. The molecular formula is C17H25N3. The molecule has 1 aromatic carbocycles. The number of aryl methyl sites for hydroxylation is 2. The Bertz CT molecular complexity index is 567. The first-order chi connectivity index (χ1) is 9.52. The summed E-state index contributed by atoms with van der Waals surface area (Å²) in [6, 6.07) is 8.68. The van der Waals surface area contributed by atoms with E-state index in [-0.39, 0.29) is 0 Å². The predicted octanol–water partition coefficient (Wildman–Crippen LogP) is 3.18. The molecule has 0 aliphatic rings. The number of nitrogens with zero attached hydrogens (tertiary/aromatic N) is 2. The van der Waals surface area contributed by atoms with Crippen molar-refractivity contribution in [1.29, 1.82) is 0 Å². The Morgan fingerprint density at radius 2 is 1.80 bits per heavy atom. The van der Waals surface area contributed by atoms with Crippen molar-refractivity contribution >= 4 is 0 Å². The van der Waals surface area contributed by atoms with Gasteiger partial charge in [0.15, 0.2) is 0 Å². The Balaban J connectivity index is 2.25. The molecule has 108 valence electrons. The van der Waals surface area contributed by atoms with E-state index in [2.05, 4.69) is 62.0 Å². The van der Waals surface area contributed by atoms with Gasteiger partial charge in [-0.2, -0.15) is 5.10 Å². The van der Waals surface area contributed by atoms with E-state index in [0.29, 0.717) is 5.92 Å². The highest BCUT2D eigenvalue weighted by Gasteiger charge is 2.16. The Labute approximate surface area is 122 Å². The average molecular weight is 271 g/mol. The minimum atomic E-state index is 0.492. The fourth-order valence-electron chi connectivity index (χ4n) is 2.85. The number of nitrogens with one attached hydrogen (secondary N) is 1. The lowest BCUT2D eigenvalue weighted by molar-refractivity contribution is 0.647. The molecule has 1 aromatic heterocycles. The maximum atomic E-state index is 4.72. The van der Waals surface area contributed by atoms with Crippen LogP contribution >= 0.6 is 0 Å². The van der Waals surface area contributed by atoms with E-state index >= 15 is 0 Å². The van der Waals surface area contributed by atoms with Crippen LogP contribution in [0.3, 0.4) is 0 Å². The molecule has 0 spiro atoms. The first-order valence-electron chi connectivity index (χ1n) is 7.27. The molecule has 0 bridgehead atoms. The van der Waals surface area contributed by atoms with Crippen LogP contribution < -0.4 is 5.32 Å². The lowest BCUT2D eigenvalue weighted by Gasteiger charge is -2.12. The Morgan fingerprint density at radius 3 is 2.40 bits per heavy atom. The number of benzene rings is 1. The summed E-state index contributed by atoms with van der Waals surface area (Å²) in [6.07, 6.45) is 0. The monoisotopic (exact) mass is 271 g/mol. The molecule has 1 heterocycles. The average Bonchev–Trinajstić information content (AvgIpc) is 2.67. The Hall–Kier alpha value is -1.61. The van der Waals surface area contributed by atoms with Gasteiger partial charge in [-0.05, 0) is 39.3 Å². The summed E-state index contributed by atoms with van der Waals surface area (Å²) >= 11 is 0. The second-order valence-electron chi connectivity index (χ2n) is 5.69. The normalized spacial score (nSPS) is 12.7. The molecule has 0 radical (unpaired) electrons. The molecule has 1 unspecified atom stereocenters. The van der Waals surface area contributed by atoms with Crippen molar-refractivity contribution in [1.82, 2.24) is 15.1 Å². The van der Waals surface area contributed by atoms with Crippen LogP contribution in [0.15, 0.2) is 24.3 Å². The van der Waals surface area contributed by atoms with Gasteiger partial charge in [0.2, 0.25) is 0 Å². The van der Waals surface area contributed by atoms with Gasteiger partial charge in [0.25, 0.3) is 0 Å². The first-order valence-corrected chi connectivity index (χ1v) is 7.27. The van der Waals surface area contributed by atoms with E-state index in [1.54, 1.807) is 0 Å². The first kappa shape index (κ1) is 14.8. The van der Waals surface area contributed by atoms with Crippen LogP contribution in [-0.2, 0) is 6.54 Å². The van der Waals surface area contributed by atoms with Crippen LogP contribution in [-0.4, -0.2) is 23.4 Å². The number of hydrogen-bond acceptors (Lipinski definition) is 2. The minimum Gasteiger partial charge on any atom is -0.319 e. The zero-order valence-electron chi connectivity index (χ0n) is 13.2. The zero-order chi connectivity index (χ0) is 14.7. The fraction of sp³-hybridized carbons (Fsp3) is 0.471. The second-order valence-corrected chi connectivity index (χ2v) is 5.69. The summed E-state index contributed by atoms with van der Waals surface area (Å²) in [6.45, 7) is 10.5. The lowest BCUT2D eigenvalue weighted by atomic mass is 9.99. The number of hydrogen-bond donors (Lipinski definition) is 1. The van der Waals surface area contributed by atoms with E-state index < -0.39 is 0 Å². The molecule has 0 amide bonds. The highest BCUT2D eigenvalue weighted by molar-refractivity contribution is 5.30. The second kappa shape index (κ2) is 6.23. The summed E-state index contributed by atoms with van der Waals surface area (Å²) in [7, 11) is 2.00. The van der Waals surface area contributed by atoms with E-state index in [4.69, 9.17) is 5.10 Å². The van der Waals surface area contributed by atoms with Crippen molar-refractivity contribution in [2.75, 3.05) is 13.6 Å². The van der Waals surface area contributed by atoms with Crippen LogP contribution in [0.2, 0.25) is 0 Å². The third-order valence-corrected chi connectivity index (χ3v) is 3.89. The molecule has 20 heavy (non-hydrogen) atoms. The van der Waals surface area contributed by atoms with Gasteiger partial charge in [-0.3, -0.25) is 4.68 Å². The van der Waals surface area contributed by atoms with E-state index in [0.717, 1.165) is 18.8 Å². The maximum absolute atomic E-state index is 4.72. The van der Waals surface area contributed by atoms with Gasteiger partial charge in [-0.1, -0.05) is 36.8 Å². The molecule has 0 saturated heterocycles. The van der Waals surface area contributed by atoms with Crippen LogP contribution in [0.4, 0.5) is 0 Å². The number of aromatic nitrogens is 2. The van der Waals surface area contributed by atoms with Gasteiger partial charge < -0.3 is 5.32 Å². The van der Waals surface area contributed by atoms with Gasteiger partial charge in [0.1, 0.15) is 0 Å². The minimum absolute atomic E-state index is 0.492. The molecule has 1 N–H and O–H groups in total. The molecule has 3 nitrogen and oxygen atoms in total. The largest absolute Gasteiger partial charge is 0.319 e. The summed E-state index contributed by atoms with van der Waals surface area (Å²) in [5.74, 6) is 0.492. The van der Waals surface area contributed by atoms with Crippen molar-refractivity contribution in [2.45, 2.75) is 40.2 Å². The molecule has 0 saturated carbocycles. The topological polar surface area (TPSA) is 29.9 Å². The van der Waals surface area contributed by atoms with Crippen molar-refractivity contribution in [2.24, 2.45) is 0 Å². The third-order valence-electron chi connectivity index (χ3n) is 3.89. The molecular weight excluding hydrogens is 246 g/mol. The highest BCUT2D eigenvalue weighted by Crippen LogP contribution is 2.23. The van der Waals surface area contributed by atoms with Crippen LogP contribution in [0, 0.1) is 20.8 Å². The van der Waals surface area contributed by atoms with E-state index in [1.165, 1.54) is 22.4 Å². The maximum Gasteiger partial charge on any atom is 0.0662 e. The van der Waals surface area contributed by atoms with Gasteiger partial charge in [-0.15, -0.1) is 0 Å². The smallest absolute Gasteiger partial charge is 0.0662 e. The van der Waals surface area contributed by atoms with Gasteiger partial charge >= 0.3 is 0 Å².